The number of ether oxygens (including phenoxy) is 1. The number of aromatic amines is 1. The highest BCUT2D eigenvalue weighted by molar-refractivity contribution is 7.30. The van der Waals surface area contributed by atoms with Crippen molar-refractivity contribution in [2.24, 2.45) is 0 Å². The molecular weight excluding hydrogens is 239 g/mol. The molecule has 16 heavy (non-hydrogen) atoms. The van der Waals surface area contributed by atoms with Crippen LogP contribution in [-0.4, -0.2) is 22.8 Å². The number of nitrogens with zero attached hydrogens (tertiary/aromatic N) is 1. The van der Waals surface area contributed by atoms with Crippen molar-refractivity contribution in [3.8, 4) is 0 Å². The molecule has 0 spiro atoms. The molecule has 0 saturated heterocycles. The molecule has 1 unspecified atom stereocenters. The lowest BCUT2D eigenvalue weighted by Crippen LogP contribution is -2.29. The molecule has 88 valence electrons. The number of nitrogens with one attached hydrogen (secondary N) is 1. The second kappa shape index (κ2) is 6.29. The average molecular weight is 248 g/mol. The third-order valence-electron chi connectivity index (χ3n) is 1.55. The number of rotatable bonds is 6. The number of aromatic nitrogens is 2. The maximum atomic E-state index is 11.1. The molecule has 1 atom stereocenters. The Bertz CT molecular complexity index is 466. The van der Waals surface area contributed by atoms with E-state index >= 15 is 0 Å². The fourth-order valence-corrected chi connectivity index (χ4v) is 1.10. The lowest BCUT2D eigenvalue weighted by Gasteiger charge is -2.04. The van der Waals surface area contributed by atoms with Crippen LogP contribution in [0.25, 0.3) is 0 Å². The van der Waals surface area contributed by atoms with Crippen molar-refractivity contribution in [3.05, 3.63) is 33.1 Å². The maximum absolute atomic E-state index is 11.1. The van der Waals surface area contributed by atoms with Gasteiger partial charge in [-0.25, -0.2) is 4.79 Å². The van der Waals surface area contributed by atoms with Gasteiger partial charge in [-0.1, -0.05) is 0 Å². The molecule has 0 bridgehead atoms. The molecule has 0 amide bonds. The molecule has 1 heterocycles. The van der Waals surface area contributed by atoms with E-state index in [4.69, 9.17) is 4.74 Å². The van der Waals surface area contributed by atoms with Crippen LogP contribution in [0.5, 0.6) is 0 Å². The Morgan fingerprint density at radius 1 is 1.44 bits per heavy atom. The first kappa shape index (κ1) is 12.7. The highest BCUT2D eigenvalue weighted by Crippen LogP contribution is 2.06. The molecular formula is C7H9N2O6P. The highest BCUT2D eigenvalue weighted by atomic mass is 31.1. The maximum Gasteiger partial charge on any atom is 0.488 e. The topological polar surface area (TPSA) is 113 Å². The first-order valence-corrected chi connectivity index (χ1v) is 5.34. The fraction of sp³-hybridized carbons (Fsp3) is 0.429. The van der Waals surface area contributed by atoms with Gasteiger partial charge in [-0.3, -0.25) is 14.3 Å². The summed E-state index contributed by atoms with van der Waals surface area (Å²) < 4.78 is 20.3. The van der Waals surface area contributed by atoms with Crippen LogP contribution in [0.1, 0.15) is 0 Å². The summed E-state index contributed by atoms with van der Waals surface area (Å²) in [6, 6.07) is 1.18. The Morgan fingerprint density at radius 2 is 2.19 bits per heavy atom. The first-order valence-electron chi connectivity index (χ1n) is 4.24. The summed E-state index contributed by atoms with van der Waals surface area (Å²) in [7, 11) is -2.88. The van der Waals surface area contributed by atoms with Gasteiger partial charge in [-0.05, 0) is 4.57 Å². The summed E-state index contributed by atoms with van der Waals surface area (Å²) in [5.74, 6) is 0. The predicted molar refractivity (Wildman–Crippen MR) is 50.8 cm³/mol. The lowest BCUT2D eigenvalue weighted by molar-refractivity contribution is -0.186. The average Bonchev–Trinajstić information content (AvgIpc) is 2.20. The summed E-state index contributed by atoms with van der Waals surface area (Å²) in [6.45, 7) is -0.180. The Kier molecular flexibility index (Phi) is 5.00. The number of H-pyrrole nitrogens is 1. The lowest BCUT2D eigenvalue weighted by atomic mass is 10.6. The largest absolute Gasteiger partial charge is 0.566 e. The molecule has 1 rings (SSSR count). The third-order valence-corrected chi connectivity index (χ3v) is 1.94. The van der Waals surface area contributed by atoms with Crippen molar-refractivity contribution < 1.29 is 18.7 Å². The summed E-state index contributed by atoms with van der Waals surface area (Å²) >= 11 is 0. The smallest absolute Gasteiger partial charge is 0.488 e. The van der Waals surface area contributed by atoms with Gasteiger partial charge in [0.25, 0.3) is 5.56 Å². The van der Waals surface area contributed by atoms with Gasteiger partial charge < -0.3 is 9.63 Å². The van der Waals surface area contributed by atoms with Crippen LogP contribution < -0.4 is 16.1 Å². The van der Waals surface area contributed by atoms with Crippen LogP contribution in [0.15, 0.2) is 21.9 Å². The zero-order valence-electron chi connectivity index (χ0n) is 8.12. The van der Waals surface area contributed by atoms with Gasteiger partial charge in [0, 0.05) is 12.3 Å². The second-order valence-corrected chi connectivity index (χ2v) is 3.38. The van der Waals surface area contributed by atoms with E-state index in [0.717, 1.165) is 4.57 Å². The van der Waals surface area contributed by atoms with E-state index in [1.165, 1.54) is 12.3 Å². The molecule has 1 aromatic heterocycles. The van der Waals surface area contributed by atoms with E-state index in [1.54, 1.807) is 0 Å². The third kappa shape index (κ3) is 4.45. The molecule has 1 N–H and O–H groups in total. The summed E-state index contributed by atoms with van der Waals surface area (Å²) in [5.41, 5.74) is -1.09. The van der Waals surface area contributed by atoms with Gasteiger partial charge in [0.1, 0.15) is 13.3 Å². The molecule has 0 fully saturated rings. The molecule has 0 aromatic carbocycles. The summed E-state index contributed by atoms with van der Waals surface area (Å²) in [5, 5.41) is 0. The highest BCUT2D eigenvalue weighted by Gasteiger charge is 2.01. The van der Waals surface area contributed by atoms with Crippen LogP contribution >= 0.6 is 8.25 Å². The second-order valence-electron chi connectivity index (χ2n) is 2.67. The van der Waals surface area contributed by atoms with Crippen LogP contribution in [-0.2, 0) is 20.6 Å². The normalized spacial score (nSPS) is 11.4. The molecule has 0 radical (unpaired) electrons. The van der Waals surface area contributed by atoms with E-state index in [1.807, 2.05) is 4.98 Å². The molecule has 1 aromatic rings. The van der Waals surface area contributed by atoms with E-state index in [9.17, 15) is 19.0 Å². The number of hydrogen-bond acceptors (Lipinski definition) is 6. The van der Waals surface area contributed by atoms with Gasteiger partial charge in [-0.2, -0.15) is 0 Å². The van der Waals surface area contributed by atoms with E-state index < -0.39 is 19.5 Å². The van der Waals surface area contributed by atoms with Gasteiger partial charge in [0.05, 0.1) is 6.61 Å². The molecule has 0 aliphatic heterocycles. The Morgan fingerprint density at radius 3 is 2.81 bits per heavy atom. The van der Waals surface area contributed by atoms with Gasteiger partial charge >= 0.3 is 13.9 Å². The van der Waals surface area contributed by atoms with E-state index in [-0.39, 0.29) is 19.9 Å². The zero-order chi connectivity index (χ0) is 12.0. The minimum atomic E-state index is -2.88. The van der Waals surface area contributed by atoms with Gasteiger partial charge in [0.2, 0.25) is 0 Å². The minimum Gasteiger partial charge on any atom is -0.566 e. The van der Waals surface area contributed by atoms with Crippen LogP contribution in [0, 0.1) is 0 Å². The van der Waals surface area contributed by atoms with Crippen LogP contribution in [0.4, 0.5) is 0 Å². The van der Waals surface area contributed by atoms with Crippen molar-refractivity contribution >= 4 is 8.25 Å². The Labute approximate surface area is 90.4 Å². The molecule has 9 heteroatoms. The monoisotopic (exact) mass is 248 g/mol. The summed E-state index contributed by atoms with van der Waals surface area (Å²) in [6.07, 6.45) is 1.27. The Balaban J connectivity index is 2.35. The molecule has 8 nitrogen and oxygen atoms in total. The predicted octanol–water partition coefficient (Wildman–Crippen LogP) is -1.45. The van der Waals surface area contributed by atoms with Gasteiger partial charge in [0.15, 0.2) is 0 Å². The van der Waals surface area contributed by atoms with E-state index in [0.29, 0.717) is 0 Å². The fourth-order valence-electron chi connectivity index (χ4n) is 0.880. The standard InChI is InChI=1S/C7H9N2O6P/c10-6-1-2-9(7(11)8-6)5-14-3-4-15-16(12)13/h1-2H,3-5H2,(H,8,10,11). The Hall–Kier alpha value is -1.34. The van der Waals surface area contributed by atoms with Crippen molar-refractivity contribution in [1.82, 2.24) is 9.55 Å². The van der Waals surface area contributed by atoms with Crippen molar-refractivity contribution in [3.63, 3.8) is 0 Å². The van der Waals surface area contributed by atoms with Crippen molar-refractivity contribution in [2.75, 3.05) is 13.2 Å². The molecule has 0 aliphatic rings. The first-order chi connectivity index (χ1) is 7.59. The SMILES string of the molecule is O=c1ccn(COCCO[P+](=O)[O-])c(=O)[nH]1. The molecule has 0 aliphatic carbocycles. The minimum absolute atomic E-state index is 0.0227. The summed E-state index contributed by atoms with van der Waals surface area (Å²) in [4.78, 5) is 33.8. The molecule has 0 saturated carbocycles. The van der Waals surface area contributed by atoms with Crippen molar-refractivity contribution in [1.29, 1.82) is 0 Å². The zero-order valence-corrected chi connectivity index (χ0v) is 9.01. The van der Waals surface area contributed by atoms with Crippen molar-refractivity contribution in [2.45, 2.75) is 6.73 Å². The van der Waals surface area contributed by atoms with E-state index in [2.05, 4.69) is 4.52 Å². The van der Waals surface area contributed by atoms with Crippen LogP contribution in [0.2, 0.25) is 0 Å². The quantitative estimate of drug-likeness (QED) is 0.486. The van der Waals surface area contributed by atoms with Gasteiger partial charge in [-0.15, -0.1) is 4.52 Å². The number of hydrogen-bond donors (Lipinski definition) is 1. The van der Waals surface area contributed by atoms with Crippen LogP contribution in [0.3, 0.4) is 0 Å².